The Kier molecular flexibility index (Phi) is 6.32. The molecule has 7 rings (SSSR count). The van der Waals surface area contributed by atoms with Crippen molar-refractivity contribution in [2.24, 2.45) is 0 Å². The number of fused-ring (bicyclic) bond motifs is 6. The van der Waals surface area contributed by atoms with Gasteiger partial charge in [0.05, 0.1) is 0 Å². The van der Waals surface area contributed by atoms with E-state index < -0.39 is 0 Å². The number of hydrogen-bond donors (Lipinski definition) is 0. The first-order valence-corrected chi connectivity index (χ1v) is 16.1. The lowest BCUT2D eigenvalue weighted by atomic mass is 9.74. The van der Waals surface area contributed by atoms with E-state index in [1.54, 1.807) is 0 Å². The Labute approximate surface area is 262 Å². The number of furan rings is 1. The van der Waals surface area contributed by atoms with Gasteiger partial charge in [-0.3, -0.25) is 0 Å². The second-order valence-electron chi connectivity index (χ2n) is 15.8. The van der Waals surface area contributed by atoms with Crippen molar-refractivity contribution < 1.29 is 4.42 Å². The summed E-state index contributed by atoms with van der Waals surface area (Å²) in [5, 5.41) is 2.46. The quantitative estimate of drug-likeness (QED) is 0.199. The largest absolute Gasteiger partial charge is 0.456 e. The molecule has 1 nitrogen and oxygen atoms in total. The highest BCUT2D eigenvalue weighted by Gasteiger charge is 2.36. The van der Waals surface area contributed by atoms with Crippen molar-refractivity contribution in [1.82, 2.24) is 0 Å². The molecule has 0 fully saturated rings. The average molecular weight is 577 g/mol. The van der Waals surface area contributed by atoms with Crippen LogP contribution in [0, 0.1) is 0 Å². The van der Waals surface area contributed by atoms with Gasteiger partial charge in [-0.2, -0.15) is 0 Å². The molecule has 0 amide bonds. The molecule has 0 unspecified atom stereocenters. The minimum Gasteiger partial charge on any atom is -0.456 e. The van der Waals surface area contributed by atoms with Crippen molar-refractivity contribution in [3.63, 3.8) is 0 Å². The van der Waals surface area contributed by atoms with Gasteiger partial charge in [-0.05, 0) is 84.0 Å². The minimum atomic E-state index is -0.116. The minimum absolute atomic E-state index is 0.0773. The fraction of sp³-hybridized carbons (Fsp3) is 0.302. The third-order valence-electron chi connectivity index (χ3n) is 9.59. The van der Waals surface area contributed by atoms with E-state index in [1.807, 2.05) is 0 Å². The molecule has 1 heterocycles. The second kappa shape index (κ2) is 9.70. The first kappa shape index (κ1) is 28.7. The van der Waals surface area contributed by atoms with E-state index in [0.717, 1.165) is 11.2 Å². The fourth-order valence-electron chi connectivity index (χ4n) is 7.35. The van der Waals surface area contributed by atoms with Crippen LogP contribution in [0.5, 0.6) is 0 Å². The number of rotatable bonds is 2. The highest BCUT2D eigenvalue weighted by molar-refractivity contribution is 6.14. The van der Waals surface area contributed by atoms with Gasteiger partial charge in [0, 0.05) is 16.7 Å². The van der Waals surface area contributed by atoms with Crippen LogP contribution in [-0.4, -0.2) is 0 Å². The molecule has 0 saturated heterocycles. The predicted molar refractivity (Wildman–Crippen MR) is 188 cm³/mol. The van der Waals surface area contributed by atoms with E-state index >= 15 is 0 Å². The van der Waals surface area contributed by atoms with E-state index in [2.05, 4.69) is 159 Å². The highest BCUT2D eigenvalue weighted by atomic mass is 16.3. The summed E-state index contributed by atoms with van der Waals surface area (Å²) in [6, 6.07) is 36.3. The zero-order chi connectivity index (χ0) is 31.2. The van der Waals surface area contributed by atoms with Crippen LogP contribution in [0.4, 0.5) is 0 Å². The molecule has 5 aromatic carbocycles. The van der Waals surface area contributed by atoms with E-state index in [0.29, 0.717) is 0 Å². The summed E-state index contributed by atoms with van der Waals surface area (Å²) in [6.07, 6.45) is 0. The van der Waals surface area contributed by atoms with Gasteiger partial charge in [-0.1, -0.05) is 147 Å². The van der Waals surface area contributed by atoms with Crippen LogP contribution in [0.1, 0.15) is 102 Å². The van der Waals surface area contributed by atoms with Crippen LogP contribution in [0.15, 0.2) is 101 Å². The van der Waals surface area contributed by atoms with Crippen molar-refractivity contribution >= 4 is 21.9 Å². The van der Waals surface area contributed by atoms with Crippen molar-refractivity contribution in [3.8, 4) is 22.3 Å². The normalized spacial score (nSPS) is 13.9. The van der Waals surface area contributed by atoms with Gasteiger partial charge in [0.2, 0.25) is 0 Å². The molecular weight excluding hydrogens is 532 g/mol. The van der Waals surface area contributed by atoms with Gasteiger partial charge in [0.25, 0.3) is 0 Å². The molecule has 0 atom stereocenters. The Hall–Kier alpha value is -4.10. The Balaban J connectivity index is 1.57. The van der Waals surface area contributed by atoms with Crippen LogP contribution in [0.2, 0.25) is 0 Å². The Bertz CT molecular complexity index is 1990. The SMILES string of the molecule is CC(C)(C)c1ccc2c(c1)-c1cc(C(C)(C)C)ccc1C2c1ccc2oc3cccc(-c4ccccc4)c3c2c1C(C)(C)C. The van der Waals surface area contributed by atoms with Crippen molar-refractivity contribution in [2.45, 2.75) is 84.5 Å². The molecule has 1 aliphatic rings. The fourth-order valence-corrected chi connectivity index (χ4v) is 7.35. The third-order valence-corrected chi connectivity index (χ3v) is 9.59. The summed E-state index contributed by atoms with van der Waals surface area (Å²) in [5.74, 6) is 0.149. The lowest BCUT2D eigenvalue weighted by Crippen LogP contribution is -2.17. The third kappa shape index (κ3) is 4.52. The van der Waals surface area contributed by atoms with E-state index in [9.17, 15) is 0 Å². The first-order valence-electron chi connectivity index (χ1n) is 16.1. The standard InChI is InChI=1S/C43H44O/c1-41(2,3)27-18-20-30-33(24-27)34-25-28(42(4,5)6)19-21-31(34)37(30)32-22-23-36-39(40(32)43(7,8)9)38-29(16-13-17-35(38)44-36)26-14-11-10-12-15-26/h10-25,37H,1-9H3. The van der Waals surface area contributed by atoms with Crippen molar-refractivity contribution in [3.05, 3.63) is 130 Å². The Morgan fingerprint density at radius 3 is 1.55 bits per heavy atom. The predicted octanol–water partition coefficient (Wildman–Crippen LogP) is 12.3. The van der Waals surface area contributed by atoms with Gasteiger partial charge >= 0.3 is 0 Å². The maximum Gasteiger partial charge on any atom is 0.136 e. The van der Waals surface area contributed by atoms with Gasteiger partial charge in [0.1, 0.15) is 11.2 Å². The molecule has 0 saturated carbocycles. The summed E-state index contributed by atoms with van der Waals surface area (Å²) >= 11 is 0. The second-order valence-corrected chi connectivity index (χ2v) is 15.8. The Morgan fingerprint density at radius 1 is 0.455 bits per heavy atom. The molecule has 6 aromatic rings. The van der Waals surface area contributed by atoms with E-state index in [-0.39, 0.29) is 22.2 Å². The highest BCUT2D eigenvalue weighted by Crippen LogP contribution is 2.53. The van der Waals surface area contributed by atoms with E-state index in [1.165, 1.54) is 66.4 Å². The molecule has 44 heavy (non-hydrogen) atoms. The van der Waals surface area contributed by atoms with Gasteiger partial charge in [-0.15, -0.1) is 0 Å². The molecule has 0 N–H and O–H groups in total. The average Bonchev–Trinajstić information content (AvgIpc) is 3.50. The summed E-state index contributed by atoms with van der Waals surface area (Å²) in [5.41, 5.74) is 15.5. The summed E-state index contributed by atoms with van der Waals surface area (Å²) < 4.78 is 6.61. The molecule has 0 spiro atoms. The molecule has 222 valence electrons. The molecular formula is C43H44O. The summed E-state index contributed by atoms with van der Waals surface area (Å²) in [7, 11) is 0. The number of hydrogen-bond acceptors (Lipinski definition) is 1. The zero-order valence-electron chi connectivity index (χ0n) is 27.7. The number of benzene rings is 5. The molecule has 0 aliphatic heterocycles. The van der Waals surface area contributed by atoms with Gasteiger partial charge < -0.3 is 4.42 Å². The monoisotopic (exact) mass is 576 g/mol. The first-order chi connectivity index (χ1) is 20.7. The lowest BCUT2D eigenvalue weighted by molar-refractivity contribution is 0.585. The maximum atomic E-state index is 6.61. The molecule has 0 radical (unpaired) electrons. The topological polar surface area (TPSA) is 13.1 Å². The van der Waals surface area contributed by atoms with Gasteiger partial charge in [-0.25, -0.2) is 0 Å². The molecule has 1 heteroatoms. The molecule has 1 aliphatic carbocycles. The summed E-state index contributed by atoms with van der Waals surface area (Å²) in [4.78, 5) is 0. The lowest BCUT2D eigenvalue weighted by Gasteiger charge is -2.28. The van der Waals surface area contributed by atoms with Crippen LogP contribution in [0.25, 0.3) is 44.2 Å². The van der Waals surface area contributed by atoms with Crippen LogP contribution >= 0.6 is 0 Å². The Morgan fingerprint density at radius 2 is 1.00 bits per heavy atom. The molecule has 0 bridgehead atoms. The van der Waals surface area contributed by atoms with E-state index in [4.69, 9.17) is 4.42 Å². The van der Waals surface area contributed by atoms with Gasteiger partial charge in [0.15, 0.2) is 0 Å². The van der Waals surface area contributed by atoms with Crippen molar-refractivity contribution in [1.29, 1.82) is 0 Å². The molecule has 1 aromatic heterocycles. The van der Waals surface area contributed by atoms with Crippen LogP contribution < -0.4 is 0 Å². The van der Waals surface area contributed by atoms with Crippen LogP contribution in [0.3, 0.4) is 0 Å². The summed E-state index contributed by atoms with van der Waals surface area (Å²) in [6.45, 7) is 21.0. The smallest absolute Gasteiger partial charge is 0.136 e. The van der Waals surface area contributed by atoms with Crippen molar-refractivity contribution in [2.75, 3.05) is 0 Å². The maximum absolute atomic E-state index is 6.61. The zero-order valence-corrected chi connectivity index (χ0v) is 27.7. The van der Waals surface area contributed by atoms with Crippen LogP contribution in [-0.2, 0) is 16.2 Å².